The molecule has 0 aliphatic carbocycles. The van der Waals surface area contributed by atoms with E-state index in [1.807, 2.05) is 0 Å². The number of rotatable bonds is 5. The fourth-order valence-corrected chi connectivity index (χ4v) is 2.19. The van der Waals surface area contributed by atoms with Crippen LogP contribution < -0.4 is 5.32 Å². The van der Waals surface area contributed by atoms with E-state index in [0.29, 0.717) is 0 Å². The van der Waals surface area contributed by atoms with Crippen LogP contribution in [-0.4, -0.2) is 90.8 Å². The molecule has 124 valence electrons. The van der Waals surface area contributed by atoms with Crippen molar-refractivity contribution in [3.63, 3.8) is 0 Å². The summed E-state index contributed by atoms with van der Waals surface area (Å²) in [5.74, 6) is -3.16. The summed E-state index contributed by atoms with van der Waals surface area (Å²) in [6, 6.07) is -1.22. The highest BCUT2D eigenvalue weighted by Gasteiger charge is 2.52. The van der Waals surface area contributed by atoms with Crippen LogP contribution in [-0.2, 0) is 9.53 Å². The number of ether oxygens (including phenoxy) is 1. The Kier molecular flexibility index (Phi) is 6.01. The third-order valence-electron chi connectivity index (χ3n) is 3.30. The summed E-state index contributed by atoms with van der Waals surface area (Å²) in [4.78, 5) is 11.1. The highest BCUT2D eigenvalue weighted by molar-refractivity contribution is 5.73. The van der Waals surface area contributed by atoms with E-state index >= 15 is 0 Å². The van der Waals surface area contributed by atoms with Crippen LogP contribution in [0.15, 0.2) is 0 Å². The van der Waals surface area contributed by atoms with Gasteiger partial charge in [-0.15, -0.1) is 0 Å². The molecule has 10 heteroatoms. The maximum atomic E-state index is 11.1. The zero-order valence-electron chi connectivity index (χ0n) is 11.3. The molecule has 1 saturated heterocycles. The van der Waals surface area contributed by atoms with Gasteiger partial charge in [-0.2, -0.15) is 0 Å². The molecule has 0 radical (unpaired) electrons. The van der Waals surface area contributed by atoms with Gasteiger partial charge < -0.3 is 45.8 Å². The first-order valence-corrected chi connectivity index (χ1v) is 6.31. The summed E-state index contributed by atoms with van der Waals surface area (Å²) >= 11 is 0. The van der Waals surface area contributed by atoms with E-state index in [4.69, 9.17) is 20.1 Å². The maximum absolute atomic E-state index is 11.1. The number of amides is 1. The van der Waals surface area contributed by atoms with Crippen LogP contribution in [0.3, 0.4) is 0 Å². The first-order chi connectivity index (χ1) is 9.62. The van der Waals surface area contributed by atoms with Crippen LogP contribution in [0.5, 0.6) is 0 Å². The molecule has 1 aliphatic rings. The van der Waals surface area contributed by atoms with Crippen LogP contribution in [0.4, 0.5) is 0 Å². The summed E-state index contributed by atoms with van der Waals surface area (Å²) < 4.78 is 4.96. The molecule has 0 aromatic rings. The van der Waals surface area contributed by atoms with Gasteiger partial charge in [-0.25, -0.2) is 0 Å². The molecular formula is C11H21NO9. The van der Waals surface area contributed by atoms with Crippen molar-refractivity contribution < 1.29 is 45.3 Å². The molecule has 0 saturated carbocycles. The van der Waals surface area contributed by atoms with Crippen molar-refractivity contribution >= 4 is 5.91 Å². The topological polar surface area (TPSA) is 180 Å². The van der Waals surface area contributed by atoms with Gasteiger partial charge in [-0.3, -0.25) is 4.79 Å². The minimum absolute atomic E-state index is 0.576. The van der Waals surface area contributed by atoms with E-state index in [2.05, 4.69) is 5.32 Å². The predicted octanol–water partition coefficient (Wildman–Crippen LogP) is -4.65. The Morgan fingerprint density at radius 3 is 2.38 bits per heavy atom. The zero-order valence-corrected chi connectivity index (χ0v) is 11.3. The lowest BCUT2D eigenvalue weighted by Gasteiger charge is -2.46. The molecular weight excluding hydrogens is 290 g/mol. The molecule has 0 aromatic carbocycles. The average Bonchev–Trinajstić information content (AvgIpc) is 2.39. The maximum Gasteiger partial charge on any atom is 0.220 e. The Hall–Kier alpha value is -0.850. The molecule has 6 atom stereocenters. The Balaban J connectivity index is 3.04. The van der Waals surface area contributed by atoms with Gasteiger partial charge in [0, 0.05) is 13.3 Å². The molecule has 1 fully saturated rings. The monoisotopic (exact) mass is 311 g/mol. The molecule has 8 N–H and O–H groups in total. The highest BCUT2D eigenvalue weighted by Crippen LogP contribution is 2.31. The van der Waals surface area contributed by atoms with Crippen molar-refractivity contribution in [2.24, 2.45) is 0 Å². The quantitative estimate of drug-likeness (QED) is 0.232. The van der Waals surface area contributed by atoms with Crippen LogP contribution in [0, 0.1) is 0 Å². The molecule has 0 spiro atoms. The zero-order chi connectivity index (χ0) is 16.4. The van der Waals surface area contributed by atoms with E-state index in [-0.39, 0.29) is 0 Å². The number of carbonyl (C=O) groups is 1. The number of aliphatic hydroxyl groups is 7. The Morgan fingerprint density at radius 1 is 1.38 bits per heavy atom. The van der Waals surface area contributed by atoms with Crippen molar-refractivity contribution in [1.82, 2.24) is 5.32 Å². The third kappa shape index (κ3) is 4.08. The van der Waals surface area contributed by atoms with Crippen molar-refractivity contribution in [1.29, 1.82) is 0 Å². The molecule has 0 aromatic heterocycles. The lowest BCUT2D eigenvalue weighted by molar-refractivity contribution is -0.367. The predicted molar refractivity (Wildman–Crippen MR) is 65.4 cm³/mol. The molecule has 0 unspecified atom stereocenters. The number of carbonyl (C=O) groups excluding carboxylic acids is 1. The van der Waals surface area contributed by atoms with Crippen molar-refractivity contribution in [2.45, 2.75) is 55.9 Å². The second kappa shape index (κ2) is 6.94. The van der Waals surface area contributed by atoms with E-state index in [1.165, 1.54) is 0 Å². The summed E-state index contributed by atoms with van der Waals surface area (Å²) in [7, 11) is 0. The fraction of sp³-hybridized carbons (Fsp3) is 0.909. The standard InChI is InChI=1S/C11H21NO9/c1-4(14)12-7-5(15)2-11(20,10(18)19)21-9(7)8(17)6(16)3-13/h5-10,13,15-20H,2-3H2,1H3,(H,12,14)/t5-,6-,7+,8-,9+,11+/m0/s1. The average molecular weight is 311 g/mol. The van der Waals surface area contributed by atoms with Gasteiger partial charge in [-0.1, -0.05) is 0 Å². The molecule has 1 heterocycles. The SMILES string of the molecule is CC(=O)N[C@H]1[C@H]([C@@H](O)[C@@H](O)CO)O[C@@](O)(C(O)O)C[C@@H]1O. The molecule has 21 heavy (non-hydrogen) atoms. The van der Waals surface area contributed by atoms with E-state index in [0.717, 1.165) is 6.92 Å². The Bertz CT molecular complexity index is 366. The lowest BCUT2D eigenvalue weighted by atomic mass is 9.88. The number of hydrogen-bond acceptors (Lipinski definition) is 9. The van der Waals surface area contributed by atoms with Crippen LogP contribution >= 0.6 is 0 Å². The summed E-state index contributed by atoms with van der Waals surface area (Å²) in [6.07, 6.45) is -9.57. The van der Waals surface area contributed by atoms with Gasteiger partial charge in [0.25, 0.3) is 0 Å². The van der Waals surface area contributed by atoms with E-state index in [9.17, 15) is 25.2 Å². The van der Waals surface area contributed by atoms with Crippen LogP contribution in [0.2, 0.25) is 0 Å². The minimum atomic E-state index is -2.59. The van der Waals surface area contributed by atoms with E-state index in [1.54, 1.807) is 0 Å². The molecule has 1 aliphatic heterocycles. The lowest BCUT2D eigenvalue weighted by Crippen LogP contribution is -2.67. The van der Waals surface area contributed by atoms with Gasteiger partial charge in [0.2, 0.25) is 18.0 Å². The van der Waals surface area contributed by atoms with Crippen LogP contribution in [0.1, 0.15) is 13.3 Å². The third-order valence-corrected chi connectivity index (χ3v) is 3.30. The normalized spacial score (nSPS) is 36.3. The first-order valence-electron chi connectivity index (χ1n) is 6.31. The van der Waals surface area contributed by atoms with Gasteiger partial charge >= 0.3 is 0 Å². The first kappa shape index (κ1) is 18.2. The summed E-state index contributed by atoms with van der Waals surface area (Å²) in [5, 5.41) is 68.5. The van der Waals surface area contributed by atoms with Crippen molar-refractivity contribution in [3.05, 3.63) is 0 Å². The Labute approximate surface area is 120 Å². The van der Waals surface area contributed by atoms with Gasteiger partial charge in [0.1, 0.15) is 18.3 Å². The molecule has 1 amide bonds. The highest BCUT2D eigenvalue weighted by atomic mass is 16.7. The number of hydrogen-bond donors (Lipinski definition) is 8. The van der Waals surface area contributed by atoms with Crippen LogP contribution in [0.25, 0.3) is 0 Å². The minimum Gasteiger partial charge on any atom is -0.394 e. The Morgan fingerprint density at radius 2 is 1.95 bits per heavy atom. The van der Waals surface area contributed by atoms with Gasteiger partial charge in [0.05, 0.1) is 18.8 Å². The van der Waals surface area contributed by atoms with E-state index < -0.39 is 61.5 Å². The molecule has 10 nitrogen and oxygen atoms in total. The fourth-order valence-electron chi connectivity index (χ4n) is 2.19. The number of nitrogens with one attached hydrogen (secondary N) is 1. The van der Waals surface area contributed by atoms with Gasteiger partial charge in [0.15, 0.2) is 0 Å². The second-order valence-corrected chi connectivity index (χ2v) is 5.04. The largest absolute Gasteiger partial charge is 0.394 e. The molecule has 0 bridgehead atoms. The van der Waals surface area contributed by atoms with Gasteiger partial charge in [-0.05, 0) is 0 Å². The number of aliphatic hydroxyl groups excluding tert-OH is 5. The van der Waals surface area contributed by atoms with Crippen molar-refractivity contribution in [2.75, 3.05) is 6.61 Å². The smallest absolute Gasteiger partial charge is 0.220 e. The summed E-state index contributed by atoms with van der Waals surface area (Å²) in [5.41, 5.74) is 0. The second-order valence-electron chi connectivity index (χ2n) is 5.04. The molecule has 1 rings (SSSR count). The summed E-state index contributed by atoms with van der Waals surface area (Å²) in [6.45, 7) is 0.296. The van der Waals surface area contributed by atoms with Crippen molar-refractivity contribution in [3.8, 4) is 0 Å².